The lowest BCUT2D eigenvalue weighted by Crippen LogP contribution is -2.41. The van der Waals surface area contributed by atoms with Gasteiger partial charge in [0.25, 0.3) is 5.91 Å². The standard InChI is InChI=1S/C25H27N3O3/c1-5-13-27-16(2)14-20(17(27)3)22(29)15-28-23(30)25(4,26-24(28)31)21-12-8-10-18-9-6-7-11-19(18)21/h6-12,14H,5,13,15H2,1-4H3,(H,26,31)/t25-/m1/s1. The monoisotopic (exact) mass is 417 g/mol. The SMILES string of the molecule is CCCn1c(C)cc(C(=O)CN2C(=O)N[C@](C)(c3cccc4ccccc34)C2=O)c1C. The minimum atomic E-state index is -1.22. The first kappa shape index (κ1) is 20.8. The molecule has 2 aromatic carbocycles. The Bertz CT molecular complexity index is 1200. The third kappa shape index (κ3) is 3.32. The molecule has 1 fully saturated rings. The Kier molecular flexibility index (Phi) is 5.17. The molecule has 1 aliphatic heterocycles. The molecule has 1 N–H and O–H groups in total. The number of nitrogens with zero attached hydrogens (tertiary/aromatic N) is 2. The van der Waals surface area contributed by atoms with Crippen LogP contribution in [0.15, 0.2) is 48.5 Å². The van der Waals surface area contributed by atoms with Gasteiger partial charge in [-0.3, -0.25) is 14.5 Å². The lowest BCUT2D eigenvalue weighted by molar-refractivity contribution is -0.130. The summed E-state index contributed by atoms with van der Waals surface area (Å²) in [6, 6.07) is 14.7. The van der Waals surface area contributed by atoms with Gasteiger partial charge in [-0.15, -0.1) is 0 Å². The number of imide groups is 1. The normalized spacial score (nSPS) is 18.6. The predicted molar refractivity (Wildman–Crippen MR) is 120 cm³/mol. The van der Waals surface area contributed by atoms with E-state index in [9.17, 15) is 14.4 Å². The van der Waals surface area contributed by atoms with Crippen LogP contribution in [0, 0.1) is 13.8 Å². The molecule has 0 aliphatic carbocycles. The second kappa shape index (κ2) is 7.69. The van der Waals surface area contributed by atoms with Gasteiger partial charge in [-0.2, -0.15) is 0 Å². The van der Waals surface area contributed by atoms with Crippen LogP contribution >= 0.6 is 0 Å². The molecule has 0 unspecified atom stereocenters. The van der Waals surface area contributed by atoms with Crippen LogP contribution in [0.3, 0.4) is 0 Å². The molecule has 1 aliphatic rings. The average Bonchev–Trinajstić information content (AvgIpc) is 3.16. The molecular weight excluding hydrogens is 390 g/mol. The van der Waals surface area contributed by atoms with E-state index in [4.69, 9.17) is 0 Å². The van der Waals surface area contributed by atoms with Gasteiger partial charge in [0, 0.05) is 23.5 Å². The van der Waals surface area contributed by atoms with Crippen LogP contribution in [-0.4, -0.2) is 33.7 Å². The van der Waals surface area contributed by atoms with Crippen molar-refractivity contribution in [2.24, 2.45) is 0 Å². The van der Waals surface area contributed by atoms with Gasteiger partial charge in [-0.05, 0) is 49.6 Å². The molecule has 160 valence electrons. The number of nitrogens with one attached hydrogen (secondary N) is 1. The van der Waals surface area contributed by atoms with E-state index < -0.39 is 17.5 Å². The van der Waals surface area contributed by atoms with Gasteiger partial charge in [0.2, 0.25) is 0 Å². The third-order valence-corrected chi connectivity index (χ3v) is 6.23. The number of rotatable bonds is 6. The largest absolute Gasteiger partial charge is 0.348 e. The molecule has 6 nitrogen and oxygen atoms in total. The first-order chi connectivity index (χ1) is 14.8. The third-order valence-electron chi connectivity index (χ3n) is 6.23. The lowest BCUT2D eigenvalue weighted by atomic mass is 9.88. The van der Waals surface area contributed by atoms with Crippen LogP contribution in [0.1, 0.15) is 47.6 Å². The molecule has 31 heavy (non-hydrogen) atoms. The van der Waals surface area contributed by atoms with Gasteiger partial charge in [-0.1, -0.05) is 49.4 Å². The highest BCUT2D eigenvalue weighted by Gasteiger charge is 2.50. The molecule has 1 aromatic heterocycles. The fourth-order valence-corrected chi connectivity index (χ4v) is 4.56. The first-order valence-corrected chi connectivity index (χ1v) is 10.6. The van der Waals surface area contributed by atoms with E-state index in [1.54, 1.807) is 6.92 Å². The molecule has 0 saturated carbocycles. The summed E-state index contributed by atoms with van der Waals surface area (Å²) in [6.07, 6.45) is 0.959. The van der Waals surface area contributed by atoms with Gasteiger partial charge < -0.3 is 9.88 Å². The lowest BCUT2D eigenvalue weighted by Gasteiger charge is -2.24. The van der Waals surface area contributed by atoms with Gasteiger partial charge in [0.15, 0.2) is 5.78 Å². The van der Waals surface area contributed by atoms with Crippen molar-refractivity contribution in [3.63, 3.8) is 0 Å². The van der Waals surface area contributed by atoms with Crippen molar-refractivity contribution in [2.45, 2.75) is 46.2 Å². The number of Topliss-reactive ketones (excluding diaryl/α,β-unsaturated/α-hetero) is 1. The molecule has 0 radical (unpaired) electrons. The van der Waals surface area contributed by atoms with Crippen molar-refractivity contribution >= 4 is 28.5 Å². The Morgan fingerprint density at radius 3 is 2.52 bits per heavy atom. The molecule has 0 bridgehead atoms. The topological polar surface area (TPSA) is 71.4 Å². The Labute approximate surface area is 181 Å². The van der Waals surface area contributed by atoms with Crippen molar-refractivity contribution in [3.05, 3.63) is 71.0 Å². The van der Waals surface area contributed by atoms with E-state index in [0.717, 1.165) is 45.6 Å². The number of carbonyl (C=O) groups excluding carboxylic acids is 3. The maximum absolute atomic E-state index is 13.4. The molecular formula is C25H27N3O3. The zero-order chi connectivity index (χ0) is 22.3. The second-order valence-electron chi connectivity index (χ2n) is 8.33. The van der Waals surface area contributed by atoms with E-state index in [-0.39, 0.29) is 12.3 Å². The van der Waals surface area contributed by atoms with Gasteiger partial charge in [0.1, 0.15) is 5.54 Å². The summed E-state index contributed by atoms with van der Waals surface area (Å²) in [4.78, 5) is 40.3. The van der Waals surface area contributed by atoms with E-state index in [0.29, 0.717) is 5.56 Å². The molecule has 1 saturated heterocycles. The Morgan fingerprint density at radius 1 is 1.06 bits per heavy atom. The summed E-state index contributed by atoms with van der Waals surface area (Å²) < 4.78 is 2.10. The number of hydrogen-bond donors (Lipinski definition) is 1. The van der Waals surface area contributed by atoms with Crippen LogP contribution in [0.5, 0.6) is 0 Å². The van der Waals surface area contributed by atoms with Gasteiger partial charge >= 0.3 is 6.03 Å². The van der Waals surface area contributed by atoms with Crippen LogP contribution < -0.4 is 5.32 Å². The Hall–Kier alpha value is -3.41. The highest BCUT2D eigenvalue weighted by atomic mass is 16.2. The van der Waals surface area contributed by atoms with Gasteiger partial charge in [0.05, 0.1) is 6.54 Å². The summed E-state index contributed by atoms with van der Waals surface area (Å²) in [7, 11) is 0. The maximum Gasteiger partial charge on any atom is 0.325 e. The zero-order valence-electron chi connectivity index (χ0n) is 18.4. The number of aromatic nitrogens is 1. The fourth-order valence-electron chi connectivity index (χ4n) is 4.56. The summed E-state index contributed by atoms with van der Waals surface area (Å²) >= 11 is 0. The molecule has 4 rings (SSSR count). The number of carbonyl (C=O) groups is 3. The van der Waals surface area contributed by atoms with Gasteiger partial charge in [-0.25, -0.2) is 4.79 Å². The number of hydrogen-bond acceptors (Lipinski definition) is 3. The number of amides is 3. The van der Waals surface area contributed by atoms with Crippen LogP contribution in [-0.2, 0) is 16.9 Å². The molecule has 3 aromatic rings. The second-order valence-corrected chi connectivity index (χ2v) is 8.33. The van der Waals surface area contributed by atoms with Crippen molar-refractivity contribution in [1.82, 2.24) is 14.8 Å². The average molecular weight is 418 g/mol. The van der Waals surface area contributed by atoms with Crippen molar-refractivity contribution < 1.29 is 14.4 Å². The zero-order valence-corrected chi connectivity index (χ0v) is 18.4. The molecule has 0 spiro atoms. The van der Waals surface area contributed by atoms with Crippen LogP contribution in [0.4, 0.5) is 4.79 Å². The van der Waals surface area contributed by atoms with Crippen LogP contribution in [0.25, 0.3) is 10.8 Å². The number of benzene rings is 2. The van der Waals surface area contributed by atoms with E-state index in [1.807, 2.05) is 62.4 Å². The van der Waals surface area contributed by atoms with Crippen molar-refractivity contribution in [1.29, 1.82) is 0 Å². The minimum absolute atomic E-state index is 0.235. The Morgan fingerprint density at radius 2 is 1.77 bits per heavy atom. The van der Waals surface area contributed by atoms with Crippen molar-refractivity contribution in [2.75, 3.05) is 6.54 Å². The van der Waals surface area contributed by atoms with E-state index >= 15 is 0 Å². The summed E-state index contributed by atoms with van der Waals surface area (Å²) in [5.74, 6) is -0.648. The van der Waals surface area contributed by atoms with E-state index in [2.05, 4.69) is 16.8 Å². The highest BCUT2D eigenvalue weighted by Crippen LogP contribution is 2.34. The fraction of sp³-hybridized carbons (Fsp3) is 0.320. The Balaban J connectivity index is 1.65. The molecule has 6 heteroatoms. The number of ketones is 1. The highest BCUT2D eigenvalue weighted by molar-refractivity contribution is 6.12. The minimum Gasteiger partial charge on any atom is -0.348 e. The quantitative estimate of drug-likeness (QED) is 0.480. The molecule has 3 amide bonds. The predicted octanol–water partition coefficient (Wildman–Crippen LogP) is 4.32. The summed E-state index contributed by atoms with van der Waals surface area (Å²) in [5.41, 5.74) is 1.93. The van der Waals surface area contributed by atoms with Crippen LogP contribution in [0.2, 0.25) is 0 Å². The summed E-state index contributed by atoms with van der Waals surface area (Å²) in [5, 5.41) is 4.71. The smallest absolute Gasteiger partial charge is 0.325 e. The number of fused-ring (bicyclic) bond motifs is 1. The molecule has 1 atom stereocenters. The number of aryl methyl sites for hydroxylation is 1. The van der Waals surface area contributed by atoms with Crippen molar-refractivity contribution in [3.8, 4) is 0 Å². The number of urea groups is 1. The first-order valence-electron chi connectivity index (χ1n) is 10.6. The molecule has 2 heterocycles. The van der Waals surface area contributed by atoms with E-state index in [1.165, 1.54) is 0 Å². The summed E-state index contributed by atoms with van der Waals surface area (Å²) in [6.45, 7) is 8.20. The maximum atomic E-state index is 13.4.